The van der Waals surface area contributed by atoms with Crippen LogP contribution < -0.4 is 5.73 Å². The lowest BCUT2D eigenvalue weighted by atomic mass is 10.00. The number of benzene rings is 2. The molecule has 4 heteroatoms. The van der Waals surface area contributed by atoms with Gasteiger partial charge in [0.1, 0.15) is 0 Å². The Balaban J connectivity index is 2.37. The molecule has 0 spiro atoms. The van der Waals surface area contributed by atoms with Gasteiger partial charge in [-0.15, -0.1) is 0 Å². The fourth-order valence-corrected chi connectivity index (χ4v) is 1.94. The van der Waals surface area contributed by atoms with E-state index in [-0.39, 0.29) is 0 Å². The predicted molar refractivity (Wildman–Crippen MR) is 70.7 cm³/mol. The second-order valence-electron chi connectivity index (χ2n) is 4.34. The molecule has 0 aliphatic rings. The first-order valence-corrected chi connectivity index (χ1v) is 5.98. The van der Waals surface area contributed by atoms with E-state index in [9.17, 15) is 13.2 Å². The molecule has 0 aromatic heterocycles. The Labute approximate surface area is 109 Å². The summed E-state index contributed by atoms with van der Waals surface area (Å²) in [5.41, 5.74) is 8.51. The van der Waals surface area contributed by atoms with Gasteiger partial charge in [-0.1, -0.05) is 25.1 Å². The summed E-state index contributed by atoms with van der Waals surface area (Å²) in [4.78, 5) is 0. The van der Waals surface area contributed by atoms with Gasteiger partial charge in [0, 0.05) is 5.69 Å². The van der Waals surface area contributed by atoms with Crippen molar-refractivity contribution in [3.63, 3.8) is 0 Å². The van der Waals surface area contributed by atoms with Gasteiger partial charge in [0.15, 0.2) is 0 Å². The van der Waals surface area contributed by atoms with E-state index in [2.05, 4.69) is 0 Å². The molecule has 2 aromatic rings. The number of nitrogen functional groups attached to an aromatic ring is 1. The normalized spacial score (nSPS) is 11.6. The molecular weight excluding hydrogens is 251 g/mol. The van der Waals surface area contributed by atoms with Crippen molar-refractivity contribution in [2.45, 2.75) is 19.5 Å². The van der Waals surface area contributed by atoms with Gasteiger partial charge < -0.3 is 5.73 Å². The third-order valence-corrected chi connectivity index (χ3v) is 3.07. The molecule has 0 aliphatic carbocycles. The number of alkyl halides is 3. The van der Waals surface area contributed by atoms with Crippen molar-refractivity contribution in [3.05, 3.63) is 53.6 Å². The van der Waals surface area contributed by atoms with E-state index in [1.54, 1.807) is 6.07 Å². The molecule has 0 saturated heterocycles. The molecule has 0 heterocycles. The second kappa shape index (κ2) is 4.96. The zero-order chi connectivity index (χ0) is 14.0. The van der Waals surface area contributed by atoms with Gasteiger partial charge in [-0.25, -0.2) is 0 Å². The highest BCUT2D eigenvalue weighted by Gasteiger charge is 2.29. The standard InChI is InChI=1S/C15H14F3N/c1-2-10-9-12(5-8-14(10)19)11-3-6-13(7-4-11)15(16,17)18/h3-9H,2,19H2,1H3. The van der Waals surface area contributed by atoms with Crippen LogP contribution >= 0.6 is 0 Å². The number of halogens is 3. The molecule has 2 aromatic carbocycles. The first kappa shape index (κ1) is 13.5. The summed E-state index contributed by atoms with van der Waals surface area (Å²) >= 11 is 0. The predicted octanol–water partition coefficient (Wildman–Crippen LogP) is 4.52. The van der Waals surface area contributed by atoms with Gasteiger partial charge in [0.05, 0.1) is 5.56 Å². The van der Waals surface area contributed by atoms with Gasteiger partial charge in [-0.3, -0.25) is 0 Å². The molecule has 0 aliphatic heterocycles. The molecule has 1 nitrogen and oxygen atoms in total. The SMILES string of the molecule is CCc1cc(-c2ccc(C(F)(F)F)cc2)ccc1N. The smallest absolute Gasteiger partial charge is 0.399 e. The Kier molecular flexibility index (Phi) is 3.51. The van der Waals surface area contributed by atoms with Crippen molar-refractivity contribution in [1.82, 2.24) is 0 Å². The molecule has 0 unspecified atom stereocenters. The van der Waals surface area contributed by atoms with Crippen LogP contribution in [0.5, 0.6) is 0 Å². The number of hydrogen-bond donors (Lipinski definition) is 1. The zero-order valence-corrected chi connectivity index (χ0v) is 10.5. The highest BCUT2D eigenvalue weighted by Crippen LogP contribution is 2.31. The van der Waals surface area contributed by atoms with Crippen molar-refractivity contribution in [1.29, 1.82) is 0 Å². The molecule has 0 fully saturated rings. The third-order valence-electron chi connectivity index (χ3n) is 3.07. The van der Waals surface area contributed by atoms with E-state index >= 15 is 0 Å². The maximum Gasteiger partial charge on any atom is 0.416 e. The summed E-state index contributed by atoms with van der Waals surface area (Å²) in [5, 5.41) is 0. The maximum absolute atomic E-state index is 12.5. The van der Waals surface area contributed by atoms with E-state index < -0.39 is 11.7 Å². The molecule has 19 heavy (non-hydrogen) atoms. The Morgan fingerprint density at radius 3 is 2.05 bits per heavy atom. The molecule has 100 valence electrons. The van der Waals surface area contributed by atoms with Gasteiger partial charge in [0.25, 0.3) is 0 Å². The van der Waals surface area contributed by atoms with Crippen molar-refractivity contribution in [2.24, 2.45) is 0 Å². The molecule has 0 atom stereocenters. The summed E-state index contributed by atoms with van der Waals surface area (Å²) in [6, 6.07) is 10.7. The average Bonchev–Trinajstić information content (AvgIpc) is 2.38. The van der Waals surface area contributed by atoms with Crippen molar-refractivity contribution in [2.75, 3.05) is 5.73 Å². The van der Waals surface area contributed by atoms with Crippen molar-refractivity contribution >= 4 is 5.69 Å². The van der Waals surface area contributed by atoms with Crippen molar-refractivity contribution < 1.29 is 13.2 Å². The lowest BCUT2D eigenvalue weighted by Gasteiger charge is -2.09. The monoisotopic (exact) mass is 265 g/mol. The summed E-state index contributed by atoms with van der Waals surface area (Å²) in [6.07, 6.45) is -3.51. The van der Waals surface area contributed by atoms with Crippen LogP contribution in [0.1, 0.15) is 18.1 Å². The Morgan fingerprint density at radius 2 is 1.53 bits per heavy atom. The minimum Gasteiger partial charge on any atom is -0.399 e. The molecule has 0 amide bonds. The minimum absolute atomic E-state index is 0.637. The fraction of sp³-hybridized carbons (Fsp3) is 0.200. The number of rotatable bonds is 2. The molecule has 0 radical (unpaired) electrons. The summed E-state index contributed by atoms with van der Waals surface area (Å²) in [5.74, 6) is 0. The van der Waals surface area contributed by atoms with Crippen LogP contribution in [0, 0.1) is 0 Å². The van der Waals surface area contributed by atoms with Gasteiger partial charge in [-0.2, -0.15) is 13.2 Å². The van der Waals surface area contributed by atoms with E-state index in [0.717, 1.165) is 35.2 Å². The summed E-state index contributed by atoms with van der Waals surface area (Å²) in [6.45, 7) is 1.99. The number of hydrogen-bond acceptors (Lipinski definition) is 1. The van der Waals surface area contributed by atoms with Gasteiger partial charge >= 0.3 is 6.18 Å². The van der Waals surface area contributed by atoms with Crippen LogP contribution in [0.15, 0.2) is 42.5 Å². The highest BCUT2D eigenvalue weighted by atomic mass is 19.4. The number of aryl methyl sites for hydroxylation is 1. The van der Waals surface area contributed by atoms with Crippen LogP contribution in [0.4, 0.5) is 18.9 Å². The lowest BCUT2D eigenvalue weighted by molar-refractivity contribution is -0.137. The maximum atomic E-state index is 12.5. The fourth-order valence-electron chi connectivity index (χ4n) is 1.94. The van der Waals surface area contributed by atoms with Gasteiger partial charge in [-0.05, 0) is 47.4 Å². The molecule has 2 rings (SSSR count). The summed E-state index contributed by atoms with van der Waals surface area (Å²) in [7, 11) is 0. The van der Waals surface area contributed by atoms with E-state index in [0.29, 0.717) is 5.69 Å². The highest BCUT2D eigenvalue weighted by molar-refractivity contribution is 5.68. The largest absolute Gasteiger partial charge is 0.416 e. The Morgan fingerprint density at radius 1 is 0.947 bits per heavy atom. The average molecular weight is 265 g/mol. The Hall–Kier alpha value is -1.97. The molecule has 2 N–H and O–H groups in total. The van der Waals surface area contributed by atoms with E-state index in [1.165, 1.54) is 12.1 Å². The van der Waals surface area contributed by atoms with E-state index in [4.69, 9.17) is 5.73 Å². The van der Waals surface area contributed by atoms with Gasteiger partial charge in [0.2, 0.25) is 0 Å². The topological polar surface area (TPSA) is 26.0 Å². The lowest BCUT2D eigenvalue weighted by Crippen LogP contribution is -2.04. The quantitative estimate of drug-likeness (QED) is 0.794. The van der Waals surface area contributed by atoms with Crippen LogP contribution in [-0.4, -0.2) is 0 Å². The van der Waals surface area contributed by atoms with Crippen molar-refractivity contribution in [3.8, 4) is 11.1 Å². The molecule has 0 bridgehead atoms. The third kappa shape index (κ3) is 2.89. The van der Waals surface area contributed by atoms with E-state index in [1.807, 2.05) is 19.1 Å². The summed E-state index contributed by atoms with van der Waals surface area (Å²) < 4.78 is 37.4. The van der Waals surface area contributed by atoms with Crippen LogP contribution in [-0.2, 0) is 12.6 Å². The first-order chi connectivity index (χ1) is 8.91. The van der Waals surface area contributed by atoms with Crippen LogP contribution in [0.2, 0.25) is 0 Å². The molecular formula is C15H14F3N. The first-order valence-electron chi connectivity index (χ1n) is 5.98. The van der Waals surface area contributed by atoms with Crippen LogP contribution in [0.3, 0.4) is 0 Å². The molecule has 0 saturated carbocycles. The Bertz CT molecular complexity index is 571. The number of nitrogens with two attached hydrogens (primary N) is 1. The number of anilines is 1. The minimum atomic E-state index is -4.30. The zero-order valence-electron chi connectivity index (χ0n) is 10.5. The van der Waals surface area contributed by atoms with Crippen LogP contribution in [0.25, 0.3) is 11.1 Å². The second-order valence-corrected chi connectivity index (χ2v) is 4.34.